The molecule has 0 aliphatic rings. The van der Waals surface area contributed by atoms with Gasteiger partial charge in [-0.15, -0.1) is 0 Å². The van der Waals surface area contributed by atoms with Crippen molar-refractivity contribution in [3.8, 4) is 11.5 Å². The Bertz CT molecular complexity index is 776. The molecule has 0 fully saturated rings. The van der Waals surface area contributed by atoms with Crippen molar-refractivity contribution < 1.29 is 24.2 Å². The number of hydrogen-bond donors (Lipinski definition) is 1. The smallest absolute Gasteiger partial charge is 0.228 e. The van der Waals surface area contributed by atoms with Crippen molar-refractivity contribution in [2.24, 2.45) is 0 Å². The van der Waals surface area contributed by atoms with E-state index in [0.29, 0.717) is 22.1 Å². The molecule has 2 rings (SSSR count). The Balaban J connectivity index is 2.17. The fourth-order valence-electron chi connectivity index (χ4n) is 2.17. The van der Waals surface area contributed by atoms with E-state index in [1.165, 1.54) is 32.4 Å². The summed E-state index contributed by atoms with van der Waals surface area (Å²) in [5.41, 5.74) is 0.634. The van der Waals surface area contributed by atoms with Crippen LogP contribution in [0.25, 0.3) is 0 Å². The first kappa shape index (κ1) is 17.6. The van der Waals surface area contributed by atoms with Gasteiger partial charge >= 0.3 is 0 Å². The number of amides is 1. The Labute approximate surface area is 144 Å². The summed E-state index contributed by atoms with van der Waals surface area (Å²) in [4.78, 5) is 23.3. The van der Waals surface area contributed by atoms with Crippen molar-refractivity contribution in [1.82, 2.24) is 0 Å². The Kier molecular flexibility index (Phi) is 5.65. The SMILES string of the molecule is COc1ccc(CC(=O)Nc2cc(Cl)ccc2C(=O)[O-])cc1OC. The van der Waals surface area contributed by atoms with Gasteiger partial charge in [-0.25, -0.2) is 0 Å². The molecule has 7 heteroatoms. The molecule has 6 nitrogen and oxygen atoms in total. The largest absolute Gasteiger partial charge is 0.545 e. The number of carbonyl (C=O) groups is 2. The third kappa shape index (κ3) is 4.17. The van der Waals surface area contributed by atoms with Gasteiger partial charge in [0.2, 0.25) is 5.91 Å². The molecule has 2 aromatic carbocycles. The molecule has 0 aromatic heterocycles. The van der Waals surface area contributed by atoms with Gasteiger partial charge in [0.1, 0.15) is 0 Å². The topological polar surface area (TPSA) is 87.7 Å². The maximum atomic E-state index is 12.2. The Morgan fingerprint density at radius 1 is 1.08 bits per heavy atom. The van der Waals surface area contributed by atoms with Crippen molar-refractivity contribution in [2.45, 2.75) is 6.42 Å². The second-order valence-corrected chi connectivity index (χ2v) is 5.33. The number of anilines is 1. The van der Waals surface area contributed by atoms with Gasteiger partial charge in [0, 0.05) is 10.6 Å². The Morgan fingerprint density at radius 3 is 2.42 bits per heavy atom. The molecule has 0 bridgehead atoms. The summed E-state index contributed by atoms with van der Waals surface area (Å²) in [7, 11) is 3.02. The molecule has 0 saturated heterocycles. The molecule has 0 atom stereocenters. The number of aromatic carboxylic acids is 1. The molecule has 0 aliphatic heterocycles. The highest BCUT2D eigenvalue weighted by molar-refractivity contribution is 6.31. The second-order valence-electron chi connectivity index (χ2n) is 4.89. The van der Waals surface area contributed by atoms with E-state index in [1.54, 1.807) is 18.2 Å². The number of carboxylic acid groups (broad SMARTS) is 1. The van der Waals surface area contributed by atoms with E-state index in [9.17, 15) is 14.7 Å². The van der Waals surface area contributed by atoms with Gasteiger partial charge < -0.3 is 24.7 Å². The maximum absolute atomic E-state index is 12.2. The average molecular weight is 349 g/mol. The third-order valence-corrected chi connectivity index (χ3v) is 3.52. The van der Waals surface area contributed by atoms with E-state index in [4.69, 9.17) is 21.1 Å². The minimum absolute atomic E-state index is 0.0271. The van der Waals surface area contributed by atoms with Gasteiger partial charge in [0.25, 0.3) is 0 Å². The van der Waals surface area contributed by atoms with Crippen molar-refractivity contribution >= 4 is 29.2 Å². The molecule has 0 radical (unpaired) electrons. The third-order valence-electron chi connectivity index (χ3n) is 3.29. The van der Waals surface area contributed by atoms with Crippen molar-refractivity contribution in [3.05, 3.63) is 52.5 Å². The molecule has 1 amide bonds. The minimum atomic E-state index is -1.40. The molecule has 2 aromatic rings. The number of benzene rings is 2. The molecule has 24 heavy (non-hydrogen) atoms. The van der Waals surface area contributed by atoms with Crippen LogP contribution < -0.4 is 19.9 Å². The van der Waals surface area contributed by atoms with Crippen LogP contribution in [0.15, 0.2) is 36.4 Å². The molecule has 0 unspecified atom stereocenters. The van der Waals surface area contributed by atoms with Crippen LogP contribution in [-0.4, -0.2) is 26.1 Å². The summed E-state index contributed by atoms with van der Waals surface area (Å²) in [5.74, 6) is -0.739. The standard InChI is InChI=1S/C17H16ClNO5/c1-23-14-6-3-10(7-15(14)24-2)8-16(20)19-13-9-11(18)4-5-12(13)17(21)22/h3-7,9H,8H2,1-2H3,(H,19,20)(H,21,22)/p-1. The molecular formula is C17H15ClNO5-. The van der Waals surface area contributed by atoms with Crippen LogP contribution in [0.1, 0.15) is 15.9 Å². The minimum Gasteiger partial charge on any atom is -0.545 e. The Hall–Kier alpha value is -2.73. The summed E-state index contributed by atoms with van der Waals surface area (Å²) < 4.78 is 10.3. The van der Waals surface area contributed by atoms with E-state index in [0.717, 1.165) is 0 Å². The first-order chi connectivity index (χ1) is 11.4. The van der Waals surface area contributed by atoms with Gasteiger partial charge in [-0.05, 0) is 35.9 Å². The predicted octanol–water partition coefficient (Wildman–Crippen LogP) is 1.90. The average Bonchev–Trinajstić information content (AvgIpc) is 2.54. The number of carbonyl (C=O) groups excluding carboxylic acids is 2. The molecule has 0 spiro atoms. The lowest BCUT2D eigenvalue weighted by Gasteiger charge is -2.13. The first-order valence-corrected chi connectivity index (χ1v) is 7.34. The Morgan fingerprint density at radius 2 is 1.79 bits per heavy atom. The lowest BCUT2D eigenvalue weighted by atomic mass is 10.1. The lowest BCUT2D eigenvalue weighted by Crippen LogP contribution is -2.25. The molecule has 0 aliphatic carbocycles. The van der Waals surface area contributed by atoms with Crippen LogP contribution in [0, 0.1) is 0 Å². The molecule has 0 saturated carbocycles. The number of halogens is 1. The van der Waals surface area contributed by atoms with Crippen LogP contribution in [0.4, 0.5) is 5.69 Å². The van der Waals surface area contributed by atoms with E-state index < -0.39 is 11.9 Å². The van der Waals surface area contributed by atoms with Crippen LogP contribution in [0.2, 0.25) is 5.02 Å². The van der Waals surface area contributed by atoms with Crippen molar-refractivity contribution in [1.29, 1.82) is 0 Å². The van der Waals surface area contributed by atoms with Gasteiger partial charge in [0.15, 0.2) is 11.5 Å². The predicted molar refractivity (Wildman–Crippen MR) is 87.7 cm³/mol. The van der Waals surface area contributed by atoms with E-state index >= 15 is 0 Å². The van der Waals surface area contributed by atoms with E-state index in [1.807, 2.05) is 0 Å². The lowest BCUT2D eigenvalue weighted by molar-refractivity contribution is -0.254. The van der Waals surface area contributed by atoms with Crippen LogP contribution in [0.3, 0.4) is 0 Å². The van der Waals surface area contributed by atoms with Crippen molar-refractivity contribution in [2.75, 3.05) is 19.5 Å². The van der Waals surface area contributed by atoms with Crippen LogP contribution in [0.5, 0.6) is 11.5 Å². The van der Waals surface area contributed by atoms with Gasteiger partial charge in [0.05, 0.1) is 32.3 Å². The highest BCUT2D eigenvalue weighted by Gasteiger charge is 2.11. The number of methoxy groups -OCH3 is 2. The highest BCUT2D eigenvalue weighted by atomic mass is 35.5. The summed E-state index contributed by atoms with van der Waals surface area (Å²) >= 11 is 5.84. The quantitative estimate of drug-likeness (QED) is 0.861. The molecule has 0 heterocycles. The normalized spacial score (nSPS) is 10.1. The summed E-state index contributed by atoms with van der Waals surface area (Å²) in [5, 5.41) is 13.9. The summed E-state index contributed by atoms with van der Waals surface area (Å²) in [6, 6.07) is 9.14. The van der Waals surface area contributed by atoms with Gasteiger partial charge in [-0.1, -0.05) is 17.7 Å². The maximum Gasteiger partial charge on any atom is 0.228 e. The van der Waals surface area contributed by atoms with Crippen molar-refractivity contribution in [3.63, 3.8) is 0 Å². The van der Waals surface area contributed by atoms with Crippen LogP contribution in [-0.2, 0) is 11.2 Å². The zero-order valence-electron chi connectivity index (χ0n) is 13.1. The fourth-order valence-corrected chi connectivity index (χ4v) is 2.34. The molecular weight excluding hydrogens is 334 g/mol. The fraction of sp³-hybridized carbons (Fsp3) is 0.176. The van der Waals surface area contributed by atoms with Gasteiger partial charge in [-0.3, -0.25) is 4.79 Å². The van der Waals surface area contributed by atoms with E-state index in [2.05, 4.69) is 5.32 Å². The zero-order valence-corrected chi connectivity index (χ0v) is 13.8. The van der Waals surface area contributed by atoms with E-state index in [-0.39, 0.29) is 17.7 Å². The number of nitrogens with one attached hydrogen (secondary N) is 1. The number of ether oxygens (including phenoxy) is 2. The van der Waals surface area contributed by atoms with Crippen LogP contribution >= 0.6 is 11.6 Å². The number of carboxylic acids is 1. The summed E-state index contributed by atoms with van der Waals surface area (Å²) in [6.07, 6.45) is 0.0271. The molecule has 1 N–H and O–H groups in total. The zero-order chi connectivity index (χ0) is 17.7. The monoisotopic (exact) mass is 348 g/mol. The first-order valence-electron chi connectivity index (χ1n) is 6.96. The molecule has 126 valence electrons. The summed E-state index contributed by atoms with van der Waals surface area (Å²) in [6.45, 7) is 0. The van der Waals surface area contributed by atoms with Gasteiger partial charge in [-0.2, -0.15) is 0 Å². The number of rotatable bonds is 6. The second kappa shape index (κ2) is 7.70. The highest BCUT2D eigenvalue weighted by Crippen LogP contribution is 2.28. The number of hydrogen-bond acceptors (Lipinski definition) is 5.